The van der Waals surface area contributed by atoms with Crippen molar-refractivity contribution in [2.24, 2.45) is 5.92 Å². The van der Waals surface area contributed by atoms with Crippen molar-refractivity contribution in [3.05, 3.63) is 53.3 Å². The Morgan fingerprint density at radius 3 is 2.43 bits per heavy atom. The van der Waals surface area contributed by atoms with Gasteiger partial charge >= 0.3 is 0 Å². The van der Waals surface area contributed by atoms with Gasteiger partial charge in [-0.2, -0.15) is 4.68 Å². The quantitative estimate of drug-likeness (QED) is 0.669. The zero-order valence-electron chi connectivity index (χ0n) is 14.7. The molecular weight excluding hydrogens is 361 g/mol. The molecule has 0 aliphatic carbocycles. The van der Waals surface area contributed by atoms with Crippen LogP contribution < -0.4 is 4.68 Å². The van der Waals surface area contributed by atoms with Crippen LogP contribution in [-0.4, -0.2) is 10.5 Å². The Morgan fingerprint density at radius 1 is 1.17 bits per heavy atom. The first-order chi connectivity index (χ1) is 10.5. The number of benzene rings is 1. The van der Waals surface area contributed by atoms with Gasteiger partial charge in [0.05, 0.1) is 12.7 Å². The van der Waals surface area contributed by atoms with E-state index in [1.54, 1.807) is 0 Å². The van der Waals surface area contributed by atoms with Crippen molar-refractivity contribution in [2.75, 3.05) is 0 Å². The number of aromatic nitrogens is 2. The number of carbonyl (C=O) groups is 1. The molecule has 0 N–H and O–H groups in total. The maximum absolute atomic E-state index is 12.4. The topological polar surface area (TPSA) is 25.9 Å². The molecule has 2 rings (SSSR count). The van der Waals surface area contributed by atoms with Crippen LogP contribution in [0.25, 0.3) is 0 Å². The Hall–Kier alpha value is -0.796. The Labute approximate surface area is 165 Å². The Balaban J connectivity index is 0.00000264. The van der Waals surface area contributed by atoms with Crippen LogP contribution in [0.1, 0.15) is 37.0 Å². The van der Waals surface area contributed by atoms with Gasteiger partial charge in [-0.3, -0.25) is 4.79 Å². The average molecular weight is 388 g/mol. The molecule has 0 fully saturated rings. The zero-order valence-corrected chi connectivity index (χ0v) is 17.6. The SMILES string of the molecule is Cc1cccc(C)c1CC(=O)C[n+]1cccn1CCC(C)C.[Y]. The molecule has 1 radical (unpaired) electrons. The fourth-order valence-corrected chi connectivity index (χ4v) is 2.71. The maximum Gasteiger partial charge on any atom is 0.230 e. The van der Waals surface area contributed by atoms with Gasteiger partial charge in [-0.25, -0.2) is 0 Å². The summed E-state index contributed by atoms with van der Waals surface area (Å²) >= 11 is 0. The van der Waals surface area contributed by atoms with E-state index in [1.807, 2.05) is 23.0 Å². The number of Topliss-reactive ketones (excluding diaryl/α,β-unsaturated/α-hetero) is 1. The van der Waals surface area contributed by atoms with Crippen molar-refractivity contribution >= 4 is 5.78 Å². The van der Waals surface area contributed by atoms with Crippen LogP contribution in [0.15, 0.2) is 36.7 Å². The van der Waals surface area contributed by atoms with E-state index in [1.165, 1.54) is 16.7 Å². The van der Waals surface area contributed by atoms with Crippen molar-refractivity contribution < 1.29 is 42.2 Å². The minimum atomic E-state index is 0. The van der Waals surface area contributed by atoms with E-state index in [9.17, 15) is 4.79 Å². The molecule has 0 unspecified atom stereocenters. The van der Waals surface area contributed by atoms with Crippen LogP contribution in [0.3, 0.4) is 0 Å². The van der Waals surface area contributed by atoms with E-state index >= 15 is 0 Å². The van der Waals surface area contributed by atoms with Crippen LogP contribution in [0.2, 0.25) is 0 Å². The van der Waals surface area contributed by atoms with E-state index in [0.717, 1.165) is 13.0 Å². The van der Waals surface area contributed by atoms with Gasteiger partial charge in [-0.15, -0.1) is 4.68 Å². The van der Waals surface area contributed by atoms with Crippen molar-refractivity contribution in [1.82, 2.24) is 4.68 Å². The molecular formula is C19H27N2OY+. The van der Waals surface area contributed by atoms with Crippen molar-refractivity contribution in [3.8, 4) is 0 Å². The molecule has 0 bridgehead atoms. The summed E-state index contributed by atoms with van der Waals surface area (Å²) in [6.07, 6.45) is 5.68. The Bertz CT molecular complexity index is 626. The number of hydrogen-bond acceptors (Lipinski definition) is 1. The Morgan fingerprint density at radius 2 is 1.83 bits per heavy atom. The van der Waals surface area contributed by atoms with Gasteiger partial charge in [0.2, 0.25) is 12.3 Å². The third-order valence-electron chi connectivity index (χ3n) is 4.14. The third kappa shape index (κ3) is 5.97. The summed E-state index contributed by atoms with van der Waals surface area (Å²) in [5, 5.41) is 0. The van der Waals surface area contributed by atoms with Crippen LogP contribution >= 0.6 is 0 Å². The summed E-state index contributed by atoms with van der Waals surface area (Å²) in [5.41, 5.74) is 3.58. The van der Waals surface area contributed by atoms with Gasteiger partial charge in [0, 0.05) is 45.2 Å². The predicted octanol–water partition coefficient (Wildman–Crippen LogP) is 3.25. The summed E-state index contributed by atoms with van der Waals surface area (Å²) in [7, 11) is 0. The second kappa shape index (κ2) is 9.49. The summed E-state index contributed by atoms with van der Waals surface area (Å²) in [4.78, 5) is 12.4. The van der Waals surface area contributed by atoms with Gasteiger partial charge < -0.3 is 0 Å². The molecule has 0 saturated carbocycles. The third-order valence-corrected chi connectivity index (χ3v) is 4.14. The fraction of sp³-hybridized carbons (Fsp3) is 0.474. The smallest absolute Gasteiger partial charge is 0.230 e. The van der Waals surface area contributed by atoms with Gasteiger partial charge in [0.1, 0.15) is 0 Å². The first kappa shape index (κ1) is 20.2. The molecule has 23 heavy (non-hydrogen) atoms. The molecule has 0 saturated heterocycles. The van der Waals surface area contributed by atoms with E-state index in [0.29, 0.717) is 18.9 Å². The zero-order chi connectivity index (χ0) is 16.1. The summed E-state index contributed by atoms with van der Waals surface area (Å²) in [6.45, 7) is 10.0. The minimum Gasteiger partial charge on any atom is -0.292 e. The Kier molecular flexibility index (Phi) is 8.35. The summed E-state index contributed by atoms with van der Waals surface area (Å²) in [6, 6.07) is 8.21. The molecule has 1 aromatic heterocycles. The molecule has 0 spiro atoms. The number of aryl methyl sites for hydroxylation is 3. The number of hydrogen-bond donors (Lipinski definition) is 0. The molecule has 0 amide bonds. The average Bonchev–Trinajstić information content (AvgIpc) is 2.88. The number of rotatable bonds is 7. The maximum atomic E-state index is 12.4. The molecule has 121 valence electrons. The molecule has 0 aliphatic heterocycles. The van der Waals surface area contributed by atoms with Gasteiger partial charge in [0.15, 0.2) is 6.20 Å². The normalized spacial score (nSPS) is 10.7. The standard InChI is InChI=1S/C19H27N2O.Y/c1-15(2)9-12-20-10-6-11-21(20)14-18(22)13-19-16(3)7-5-8-17(19)4;/h5-8,10-11,15H,9,12-14H2,1-4H3;/q+1;. The van der Waals surface area contributed by atoms with Crippen LogP contribution in [0.5, 0.6) is 0 Å². The van der Waals surface area contributed by atoms with Crippen molar-refractivity contribution in [3.63, 3.8) is 0 Å². The first-order valence-corrected chi connectivity index (χ1v) is 8.09. The molecule has 0 atom stereocenters. The van der Waals surface area contributed by atoms with E-state index in [2.05, 4.69) is 50.7 Å². The van der Waals surface area contributed by atoms with Gasteiger partial charge in [0.25, 0.3) is 0 Å². The van der Waals surface area contributed by atoms with Gasteiger partial charge in [-0.05, 0) is 42.9 Å². The molecule has 4 heteroatoms. The second-order valence-electron chi connectivity index (χ2n) is 6.52. The van der Waals surface area contributed by atoms with Crippen molar-refractivity contribution in [2.45, 2.75) is 53.6 Å². The summed E-state index contributed by atoms with van der Waals surface area (Å²) < 4.78 is 4.17. The largest absolute Gasteiger partial charge is 0.292 e. The minimum absolute atomic E-state index is 0. The molecule has 1 aromatic carbocycles. The van der Waals surface area contributed by atoms with Crippen LogP contribution in [0, 0.1) is 19.8 Å². The molecule has 0 aliphatic rings. The molecule has 3 nitrogen and oxygen atoms in total. The van der Waals surface area contributed by atoms with Crippen LogP contribution in [-0.2, 0) is 57.0 Å². The number of nitrogens with zero attached hydrogens (tertiary/aromatic N) is 2. The second-order valence-corrected chi connectivity index (χ2v) is 6.52. The number of carbonyl (C=O) groups excluding carboxylic acids is 1. The predicted molar refractivity (Wildman–Crippen MR) is 88.7 cm³/mol. The van der Waals surface area contributed by atoms with E-state index in [-0.39, 0.29) is 38.5 Å². The van der Waals surface area contributed by atoms with E-state index < -0.39 is 0 Å². The molecule has 1 heterocycles. The van der Waals surface area contributed by atoms with E-state index in [4.69, 9.17) is 0 Å². The molecule has 2 aromatic rings. The van der Waals surface area contributed by atoms with Gasteiger partial charge in [-0.1, -0.05) is 32.0 Å². The number of ketones is 1. The first-order valence-electron chi connectivity index (χ1n) is 8.09. The summed E-state index contributed by atoms with van der Waals surface area (Å²) in [5.74, 6) is 0.924. The van der Waals surface area contributed by atoms with Crippen LogP contribution in [0.4, 0.5) is 0 Å². The van der Waals surface area contributed by atoms with Crippen molar-refractivity contribution in [1.29, 1.82) is 0 Å². The monoisotopic (exact) mass is 388 g/mol. The fourth-order valence-electron chi connectivity index (χ4n) is 2.71.